The average Bonchev–Trinajstić information content (AvgIpc) is 3.20. The van der Waals surface area contributed by atoms with Gasteiger partial charge in [-0.2, -0.15) is 4.98 Å². The van der Waals surface area contributed by atoms with E-state index in [0.717, 1.165) is 57.4 Å². The Kier molecular flexibility index (Phi) is 6.62. The lowest BCUT2D eigenvalue weighted by Crippen LogP contribution is -2.28. The molecule has 176 valence electrons. The molecule has 1 aliphatic heterocycles. The minimum atomic E-state index is -0.502. The Hall–Kier alpha value is -2.49. The second-order valence-electron chi connectivity index (χ2n) is 8.88. The van der Waals surface area contributed by atoms with E-state index < -0.39 is 5.82 Å². The molecule has 3 aromatic rings. The lowest BCUT2D eigenvalue weighted by atomic mass is 9.86. The smallest absolute Gasteiger partial charge is 0.224 e. The van der Waals surface area contributed by atoms with Gasteiger partial charge >= 0.3 is 0 Å². The number of nitrogens with zero attached hydrogens (tertiary/aromatic N) is 4. The number of hydrogen-bond acceptors (Lipinski definition) is 7. The molecule has 33 heavy (non-hydrogen) atoms. The first-order valence-electron chi connectivity index (χ1n) is 11.6. The second kappa shape index (κ2) is 9.79. The standard InChI is InChI=1S/C23H29ClFN7O/c24-17-2-1-3-18(20(17)25)29-23-30-19-13-27-22(28-15-8-10-33-11-9-15)31-21(19)32(23)16-6-4-14(12-26)5-7-16/h1-3,13-16H,4-12,26H2,(H,29,30)(H,27,28,31). The largest absolute Gasteiger partial charge is 0.381 e. The van der Waals surface area contributed by atoms with Gasteiger partial charge in [0, 0.05) is 25.3 Å². The Labute approximate surface area is 197 Å². The third-order valence-corrected chi connectivity index (χ3v) is 6.99. The van der Waals surface area contributed by atoms with Gasteiger partial charge in [-0.1, -0.05) is 17.7 Å². The van der Waals surface area contributed by atoms with Crippen molar-refractivity contribution in [2.45, 2.75) is 50.6 Å². The van der Waals surface area contributed by atoms with Crippen LogP contribution in [-0.2, 0) is 4.74 Å². The summed E-state index contributed by atoms with van der Waals surface area (Å²) < 4.78 is 22.2. The summed E-state index contributed by atoms with van der Waals surface area (Å²) >= 11 is 6.00. The molecule has 1 aromatic carbocycles. The number of nitrogens with one attached hydrogen (secondary N) is 2. The fraction of sp³-hybridized carbons (Fsp3) is 0.522. The Morgan fingerprint density at radius 3 is 2.67 bits per heavy atom. The zero-order valence-corrected chi connectivity index (χ0v) is 19.2. The van der Waals surface area contributed by atoms with Crippen LogP contribution in [0, 0.1) is 11.7 Å². The molecule has 2 fully saturated rings. The number of nitrogens with two attached hydrogens (primary N) is 1. The summed E-state index contributed by atoms with van der Waals surface area (Å²) in [6.07, 6.45) is 7.59. The summed E-state index contributed by atoms with van der Waals surface area (Å²) in [5.41, 5.74) is 7.59. The molecular formula is C23H29ClFN7O. The van der Waals surface area contributed by atoms with Gasteiger partial charge in [0.2, 0.25) is 11.9 Å². The number of benzene rings is 1. The lowest BCUT2D eigenvalue weighted by molar-refractivity contribution is 0.0903. The zero-order valence-electron chi connectivity index (χ0n) is 18.4. The maximum Gasteiger partial charge on any atom is 0.224 e. The molecule has 0 atom stereocenters. The summed E-state index contributed by atoms with van der Waals surface area (Å²) in [5, 5.41) is 6.66. The molecule has 1 saturated heterocycles. The maximum atomic E-state index is 14.6. The van der Waals surface area contributed by atoms with Crippen molar-refractivity contribution < 1.29 is 9.13 Å². The molecule has 0 spiro atoms. The number of fused-ring (bicyclic) bond motifs is 1. The predicted molar refractivity (Wildman–Crippen MR) is 128 cm³/mol. The second-order valence-corrected chi connectivity index (χ2v) is 9.28. The number of hydrogen-bond donors (Lipinski definition) is 3. The van der Waals surface area contributed by atoms with Crippen LogP contribution in [0.15, 0.2) is 24.4 Å². The van der Waals surface area contributed by atoms with Crippen LogP contribution in [0.3, 0.4) is 0 Å². The highest BCUT2D eigenvalue weighted by atomic mass is 35.5. The fourth-order valence-electron chi connectivity index (χ4n) is 4.78. The van der Waals surface area contributed by atoms with E-state index in [9.17, 15) is 4.39 Å². The van der Waals surface area contributed by atoms with Crippen LogP contribution in [0.5, 0.6) is 0 Å². The number of ether oxygens (including phenoxy) is 1. The van der Waals surface area contributed by atoms with Crippen LogP contribution in [0.2, 0.25) is 5.02 Å². The van der Waals surface area contributed by atoms with E-state index in [4.69, 9.17) is 32.0 Å². The molecule has 0 radical (unpaired) electrons. The topological polar surface area (TPSA) is 103 Å². The predicted octanol–water partition coefficient (Wildman–Crippen LogP) is 4.64. The Balaban J connectivity index is 1.51. The van der Waals surface area contributed by atoms with Gasteiger partial charge in [0.05, 0.1) is 16.9 Å². The van der Waals surface area contributed by atoms with Crippen molar-refractivity contribution in [1.82, 2.24) is 19.5 Å². The van der Waals surface area contributed by atoms with Crippen molar-refractivity contribution in [2.75, 3.05) is 30.4 Å². The molecular weight excluding hydrogens is 445 g/mol. The molecule has 4 N–H and O–H groups in total. The minimum absolute atomic E-state index is 0.0638. The Morgan fingerprint density at radius 1 is 1.12 bits per heavy atom. The van der Waals surface area contributed by atoms with Crippen LogP contribution in [-0.4, -0.2) is 45.3 Å². The third-order valence-electron chi connectivity index (χ3n) is 6.70. The maximum absolute atomic E-state index is 14.6. The van der Waals surface area contributed by atoms with Crippen molar-refractivity contribution in [3.63, 3.8) is 0 Å². The van der Waals surface area contributed by atoms with E-state index in [1.165, 1.54) is 6.07 Å². The average molecular weight is 474 g/mol. The van der Waals surface area contributed by atoms with Crippen LogP contribution < -0.4 is 16.4 Å². The van der Waals surface area contributed by atoms with Crippen LogP contribution in [0.4, 0.5) is 22.0 Å². The zero-order chi connectivity index (χ0) is 22.8. The molecule has 8 nitrogen and oxygen atoms in total. The van der Waals surface area contributed by atoms with E-state index in [1.807, 2.05) is 0 Å². The van der Waals surface area contributed by atoms with Gasteiger partial charge in [0.1, 0.15) is 5.52 Å². The molecule has 10 heteroatoms. The number of aromatic nitrogens is 4. The molecule has 0 amide bonds. The van der Waals surface area contributed by atoms with Gasteiger partial charge in [-0.05, 0) is 63.1 Å². The van der Waals surface area contributed by atoms with Crippen molar-refractivity contribution in [3.8, 4) is 0 Å². The molecule has 1 saturated carbocycles. The molecule has 1 aliphatic carbocycles. The van der Waals surface area contributed by atoms with Crippen LogP contribution in [0.25, 0.3) is 11.2 Å². The molecule has 3 heterocycles. The summed E-state index contributed by atoms with van der Waals surface area (Å²) in [6, 6.07) is 5.36. The first-order valence-corrected chi connectivity index (χ1v) is 12.0. The quantitative estimate of drug-likeness (QED) is 0.479. The van der Waals surface area contributed by atoms with Crippen LogP contribution >= 0.6 is 11.6 Å². The first kappa shape index (κ1) is 22.3. The molecule has 0 bridgehead atoms. The van der Waals surface area contributed by atoms with E-state index in [0.29, 0.717) is 29.9 Å². The molecule has 0 unspecified atom stereocenters. The summed E-state index contributed by atoms with van der Waals surface area (Å²) in [7, 11) is 0. The summed E-state index contributed by atoms with van der Waals surface area (Å²) in [4.78, 5) is 14.1. The molecule has 2 aromatic heterocycles. The Morgan fingerprint density at radius 2 is 1.91 bits per heavy atom. The Bertz CT molecular complexity index is 1110. The van der Waals surface area contributed by atoms with E-state index >= 15 is 0 Å². The highest BCUT2D eigenvalue weighted by Crippen LogP contribution is 2.37. The van der Waals surface area contributed by atoms with E-state index in [2.05, 4.69) is 20.2 Å². The highest BCUT2D eigenvalue weighted by molar-refractivity contribution is 6.31. The van der Waals surface area contributed by atoms with Crippen molar-refractivity contribution >= 4 is 40.3 Å². The van der Waals surface area contributed by atoms with E-state index in [-0.39, 0.29) is 22.8 Å². The number of rotatable bonds is 6. The number of halogens is 2. The van der Waals surface area contributed by atoms with Gasteiger partial charge in [-0.25, -0.2) is 14.4 Å². The highest BCUT2D eigenvalue weighted by Gasteiger charge is 2.27. The number of imidazole rings is 1. The van der Waals surface area contributed by atoms with E-state index in [1.54, 1.807) is 18.3 Å². The van der Waals surface area contributed by atoms with Gasteiger partial charge in [-0.3, -0.25) is 4.57 Å². The van der Waals surface area contributed by atoms with Gasteiger partial charge < -0.3 is 21.1 Å². The molecule has 2 aliphatic rings. The number of anilines is 3. The fourth-order valence-corrected chi connectivity index (χ4v) is 4.95. The van der Waals surface area contributed by atoms with Crippen molar-refractivity contribution in [2.24, 2.45) is 11.7 Å². The van der Waals surface area contributed by atoms with Gasteiger partial charge in [0.15, 0.2) is 11.5 Å². The van der Waals surface area contributed by atoms with Crippen molar-refractivity contribution in [3.05, 3.63) is 35.2 Å². The monoisotopic (exact) mass is 473 g/mol. The van der Waals surface area contributed by atoms with Crippen LogP contribution in [0.1, 0.15) is 44.6 Å². The SMILES string of the molecule is NCC1CCC(n2c(Nc3cccc(Cl)c3F)nc3cnc(NC4CCOCC4)nc32)CC1. The summed E-state index contributed by atoms with van der Waals surface area (Å²) in [5.74, 6) is 1.15. The summed E-state index contributed by atoms with van der Waals surface area (Å²) in [6.45, 7) is 2.18. The van der Waals surface area contributed by atoms with Crippen molar-refractivity contribution in [1.29, 1.82) is 0 Å². The first-order chi connectivity index (χ1) is 16.1. The lowest BCUT2D eigenvalue weighted by Gasteiger charge is -2.30. The molecule has 5 rings (SSSR count). The normalized spacial score (nSPS) is 21.9. The van der Waals surface area contributed by atoms with Gasteiger partial charge in [0.25, 0.3) is 0 Å². The van der Waals surface area contributed by atoms with Gasteiger partial charge in [-0.15, -0.1) is 0 Å². The minimum Gasteiger partial charge on any atom is -0.381 e. The third kappa shape index (κ3) is 4.76.